The molecule has 21 heavy (non-hydrogen) atoms. The minimum absolute atomic E-state index is 0.0302. The van der Waals surface area contributed by atoms with Crippen LogP contribution in [0.3, 0.4) is 0 Å². The summed E-state index contributed by atoms with van der Waals surface area (Å²) in [5, 5.41) is 4.61. The molecule has 1 atom stereocenters. The Bertz CT molecular complexity index is 678. The fraction of sp³-hybridized carbons (Fsp3) is 0.125. The van der Waals surface area contributed by atoms with E-state index < -0.39 is 0 Å². The van der Waals surface area contributed by atoms with Crippen molar-refractivity contribution in [2.24, 2.45) is 5.84 Å². The first-order valence-electron chi connectivity index (χ1n) is 6.83. The predicted octanol–water partition coefficient (Wildman–Crippen LogP) is 2.01. The summed E-state index contributed by atoms with van der Waals surface area (Å²) < 4.78 is 1.85. The minimum atomic E-state index is -0.0302. The Kier molecular flexibility index (Phi) is 4.04. The third-order valence-electron chi connectivity index (χ3n) is 3.38. The lowest BCUT2D eigenvalue weighted by Gasteiger charge is -2.13. The average Bonchev–Trinajstić information content (AvgIpc) is 3.04. The van der Waals surface area contributed by atoms with E-state index in [2.05, 4.69) is 15.5 Å². The summed E-state index contributed by atoms with van der Waals surface area (Å²) in [6, 6.07) is 15.9. The van der Waals surface area contributed by atoms with Crippen molar-refractivity contribution >= 4 is 0 Å². The molecule has 106 valence electrons. The number of nitrogens with one attached hydrogen (secondary N) is 1. The molecule has 0 fully saturated rings. The molecule has 0 aliphatic carbocycles. The fourth-order valence-corrected chi connectivity index (χ4v) is 2.25. The molecule has 0 spiro atoms. The summed E-state index contributed by atoms with van der Waals surface area (Å²) in [5.41, 5.74) is 5.95. The lowest BCUT2D eigenvalue weighted by molar-refractivity contribution is 0.533. The molecule has 0 amide bonds. The molecule has 0 radical (unpaired) electrons. The number of aromatic nitrogens is 3. The predicted molar refractivity (Wildman–Crippen MR) is 81.6 cm³/mol. The zero-order valence-electron chi connectivity index (χ0n) is 11.6. The molecule has 2 aromatic heterocycles. The molecule has 0 bridgehead atoms. The van der Waals surface area contributed by atoms with Crippen LogP contribution in [0.25, 0.3) is 5.69 Å². The van der Waals surface area contributed by atoms with Gasteiger partial charge in [0.05, 0.1) is 17.4 Å². The van der Waals surface area contributed by atoms with Gasteiger partial charge in [-0.1, -0.05) is 18.2 Å². The van der Waals surface area contributed by atoms with E-state index in [4.69, 9.17) is 5.84 Å². The molecule has 3 N–H and O–H groups in total. The third kappa shape index (κ3) is 3.16. The van der Waals surface area contributed by atoms with Crippen LogP contribution in [-0.2, 0) is 6.42 Å². The molecule has 5 heteroatoms. The quantitative estimate of drug-likeness (QED) is 0.554. The lowest BCUT2D eigenvalue weighted by atomic mass is 10.1. The summed E-state index contributed by atoms with van der Waals surface area (Å²) >= 11 is 0. The van der Waals surface area contributed by atoms with E-state index in [1.165, 1.54) is 5.56 Å². The van der Waals surface area contributed by atoms with Crippen molar-refractivity contribution in [2.75, 3.05) is 0 Å². The lowest BCUT2D eigenvalue weighted by Crippen LogP contribution is -2.30. The van der Waals surface area contributed by atoms with Gasteiger partial charge in [0.25, 0.3) is 0 Å². The van der Waals surface area contributed by atoms with Crippen LogP contribution in [0.1, 0.15) is 17.3 Å². The first kappa shape index (κ1) is 13.5. The maximum atomic E-state index is 5.69. The maximum Gasteiger partial charge on any atom is 0.0815 e. The molecular weight excluding hydrogens is 262 g/mol. The molecule has 0 aliphatic rings. The van der Waals surface area contributed by atoms with E-state index in [1.54, 1.807) is 12.4 Å². The highest BCUT2D eigenvalue weighted by Gasteiger charge is 2.14. The van der Waals surface area contributed by atoms with Gasteiger partial charge in [-0.15, -0.1) is 0 Å². The number of benzene rings is 1. The van der Waals surface area contributed by atoms with E-state index in [-0.39, 0.29) is 6.04 Å². The van der Waals surface area contributed by atoms with Gasteiger partial charge in [-0.3, -0.25) is 16.3 Å². The van der Waals surface area contributed by atoms with Gasteiger partial charge in [-0.25, -0.2) is 4.68 Å². The molecule has 1 unspecified atom stereocenters. The topological polar surface area (TPSA) is 68.8 Å². The van der Waals surface area contributed by atoms with Gasteiger partial charge in [0.15, 0.2) is 0 Å². The Hall–Kier alpha value is -2.50. The van der Waals surface area contributed by atoms with Gasteiger partial charge in [-0.2, -0.15) is 5.10 Å². The number of pyridine rings is 1. The first-order valence-corrected chi connectivity index (χ1v) is 6.83. The molecule has 2 heterocycles. The number of nitrogens with two attached hydrogens (primary N) is 1. The Morgan fingerprint density at radius 3 is 2.52 bits per heavy atom. The second-order valence-electron chi connectivity index (χ2n) is 4.80. The van der Waals surface area contributed by atoms with E-state index in [0.29, 0.717) is 0 Å². The Morgan fingerprint density at radius 2 is 1.81 bits per heavy atom. The molecule has 5 nitrogen and oxygen atoms in total. The zero-order chi connectivity index (χ0) is 14.5. The Labute approximate surface area is 123 Å². The highest BCUT2D eigenvalue weighted by atomic mass is 15.3. The second-order valence-corrected chi connectivity index (χ2v) is 4.80. The van der Waals surface area contributed by atoms with E-state index in [9.17, 15) is 0 Å². The van der Waals surface area contributed by atoms with Crippen LogP contribution in [0.15, 0.2) is 67.1 Å². The monoisotopic (exact) mass is 279 g/mol. The minimum Gasteiger partial charge on any atom is -0.271 e. The highest BCUT2D eigenvalue weighted by Crippen LogP contribution is 2.17. The van der Waals surface area contributed by atoms with Gasteiger partial charge >= 0.3 is 0 Å². The van der Waals surface area contributed by atoms with Gasteiger partial charge < -0.3 is 0 Å². The standard InChI is InChI=1S/C16H17N5/c17-19-16(12-13-6-9-18-10-7-13)15-8-11-21(20-15)14-4-2-1-3-5-14/h1-11,16,19H,12,17H2. The van der Waals surface area contributed by atoms with Crippen LogP contribution in [0, 0.1) is 0 Å². The number of rotatable bonds is 5. The highest BCUT2D eigenvalue weighted by molar-refractivity contribution is 5.31. The molecule has 3 aromatic rings. The van der Waals surface area contributed by atoms with Gasteiger partial charge in [0, 0.05) is 18.6 Å². The molecular formula is C16H17N5. The van der Waals surface area contributed by atoms with Crippen LogP contribution in [0.2, 0.25) is 0 Å². The first-order chi connectivity index (χ1) is 10.4. The van der Waals surface area contributed by atoms with Crippen molar-refractivity contribution in [1.82, 2.24) is 20.2 Å². The van der Waals surface area contributed by atoms with Crippen molar-refractivity contribution < 1.29 is 0 Å². The number of hydrogen-bond acceptors (Lipinski definition) is 4. The molecule has 1 aromatic carbocycles. The van der Waals surface area contributed by atoms with Gasteiger partial charge in [-0.05, 0) is 42.3 Å². The molecule has 0 saturated heterocycles. The number of nitrogens with zero attached hydrogens (tertiary/aromatic N) is 3. The van der Waals surface area contributed by atoms with E-state index in [0.717, 1.165) is 17.8 Å². The van der Waals surface area contributed by atoms with E-state index >= 15 is 0 Å². The summed E-state index contributed by atoms with van der Waals surface area (Å²) in [6.45, 7) is 0. The van der Waals surface area contributed by atoms with Gasteiger partial charge in [0.1, 0.15) is 0 Å². The van der Waals surface area contributed by atoms with Crippen LogP contribution in [0.5, 0.6) is 0 Å². The normalized spacial score (nSPS) is 12.2. The van der Waals surface area contributed by atoms with Crippen LogP contribution < -0.4 is 11.3 Å². The van der Waals surface area contributed by atoms with Crippen molar-refractivity contribution in [1.29, 1.82) is 0 Å². The van der Waals surface area contributed by atoms with Gasteiger partial charge in [0.2, 0.25) is 0 Å². The molecule has 3 rings (SSSR count). The van der Waals surface area contributed by atoms with Crippen LogP contribution in [-0.4, -0.2) is 14.8 Å². The summed E-state index contributed by atoms with van der Waals surface area (Å²) in [7, 11) is 0. The largest absolute Gasteiger partial charge is 0.271 e. The number of para-hydroxylation sites is 1. The molecule has 0 aliphatic heterocycles. The summed E-state index contributed by atoms with van der Waals surface area (Å²) in [5.74, 6) is 5.69. The zero-order valence-corrected chi connectivity index (χ0v) is 11.6. The fourth-order valence-electron chi connectivity index (χ4n) is 2.25. The SMILES string of the molecule is NNC(Cc1ccncc1)c1ccn(-c2ccccc2)n1. The smallest absolute Gasteiger partial charge is 0.0815 e. The summed E-state index contributed by atoms with van der Waals surface area (Å²) in [6.07, 6.45) is 6.28. The van der Waals surface area contributed by atoms with Crippen molar-refractivity contribution in [3.8, 4) is 5.69 Å². The number of hydrogen-bond donors (Lipinski definition) is 2. The Balaban J connectivity index is 1.81. The van der Waals surface area contributed by atoms with Crippen LogP contribution in [0.4, 0.5) is 0 Å². The average molecular weight is 279 g/mol. The second kappa shape index (κ2) is 6.30. The van der Waals surface area contributed by atoms with Crippen molar-refractivity contribution in [3.05, 3.63) is 78.4 Å². The van der Waals surface area contributed by atoms with E-state index in [1.807, 2.05) is 59.4 Å². The summed E-state index contributed by atoms with van der Waals surface area (Å²) in [4.78, 5) is 4.02. The van der Waals surface area contributed by atoms with Crippen molar-refractivity contribution in [2.45, 2.75) is 12.5 Å². The maximum absolute atomic E-state index is 5.69. The Morgan fingerprint density at radius 1 is 1.05 bits per heavy atom. The van der Waals surface area contributed by atoms with Crippen LogP contribution >= 0.6 is 0 Å². The molecule has 0 saturated carbocycles. The van der Waals surface area contributed by atoms with Crippen molar-refractivity contribution in [3.63, 3.8) is 0 Å². The third-order valence-corrected chi connectivity index (χ3v) is 3.38. The number of hydrazine groups is 1.